The Labute approximate surface area is 122 Å². The van der Waals surface area contributed by atoms with Gasteiger partial charge in [0.05, 0.1) is 23.7 Å². The Balaban J connectivity index is 2.53. The highest BCUT2D eigenvalue weighted by molar-refractivity contribution is 7.92. The molecular weight excluding hydrogens is 290 g/mol. The van der Waals surface area contributed by atoms with Gasteiger partial charge in [0.25, 0.3) is 0 Å². The molecule has 0 saturated carbocycles. The molecule has 0 unspecified atom stereocenters. The van der Waals surface area contributed by atoms with E-state index in [1.54, 1.807) is 12.1 Å². The second-order valence-electron chi connectivity index (χ2n) is 4.77. The van der Waals surface area contributed by atoms with Crippen molar-refractivity contribution in [3.05, 3.63) is 29.5 Å². The van der Waals surface area contributed by atoms with Gasteiger partial charge in [-0.3, -0.25) is 9.52 Å². The maximum atomic E-state index is 11.7. The molecule has 0 aliphatic rings. The summed E-state index contributed by atoms with van der Waals surface area (Å²) in [5.41, 5.74) is 2.34. The fraction of sp³-hybridized carbons (Fsp3) is 0.286. The number of Topliss-reactive ketones (excluding diaryl/α,β-unsaturated/α-hetero) is 1. The van der Waals surface area contributed by atoms with Crippen molar-refractivity contribution in [1.82, 2.24) is 4.98 Å². The fourth-order valence-corrected chi connectivity index (χ4v) is 2.72. The van der Waals surface area contributed by atoms with Crippen molar-refractivity contribution in [1.29, 1.82) is 5.26 Å². The number of benzene rings is 1. The normalized spacial score (nSPS) is 11.3. The van der Waals surface area contributed by atoms with E-state index in [1.807, 2.05) is 19.1 Å². The van der Waals surface area contributed by atoms with Crippen molar-refractivity contribution in [2.45, 2.75) is 19.8 Å². The summed E-state index contributed by atoms with van der Waals surface area (Å²) < 4.78 is 25.3. The van der Waals surface area contributed by atoms with Crippen LogP contribution in [0.15, 0.2) is 18.2 Å². The van der Waals surface area contributed by atoms with E-state index in [0.717, 1.165) is 17.2 Å². The molecule has 21 heavy (non-hydrogen) atoms. The van der Waals surface area contributed by atoms with Crippen LogP contribution in [0.2, 0.25) is 0 Å². The first-order valence-electron chi connectivity index (χ1n) is 6.37. The van der Waals surface area contributed by atoms with Crippen LogP contribution in [0, 0.1) is 11.3 Å². The van der Waals surface area contributed by atoms with E-state index >= 15 is 0 Å². The number of carbonyl (C=O) groups excluding carboxylic acids is 1. The molecule has 2 aromatic rings. The van der Waals surface area contributed by atoms with Crippen molar-refractivity contribution in [3.63, 3.8) is 0 Å². The van der Waals surface area contributed by atoms with Gasteiger partial charge >= 0.3 is 0 Å². The van der Waals surface area contributed by atoms with Gasteiger partial charge in [0.2, 0.25) is 10.0 Å². The van der Waals surface area contributed by atoms with Crippen LogP contribution < -0.4 is 4.72 Å². The number of nitriles is 1. The van der Waals surface area contributed by atoms with Crippen LogP contribution in [0.3, 0.4) is 0 Å². The molecule has 0 aliphatic heterocycles. The van der Waals surface area contributed by atoms with Crippen LogP contribution in [0.1, 0.15) is 29.4 Å². The molecule has 7 heteroatoms. The summed E-state index contributed by atoms with van der Waals surface area (Å²) in [7, 11) is -3.37. The number of hydrogen-bond donors (Lipinski definition) is 2. The van der Waals surface area contributed by atoms with Gasteiger partial charge in [-0.15, -0.1) is 0 Å². The Morgan fingerprint density at radius 2 is 2.10 bits per heavy atom. The summed E-state index contributed by atoms with van der Waals surface area (Å²) >= 11 is 0. The molecule has 0 amide bonds. The van der Waals surface area contributed by atoms with Gasteiger partial charge in [0, 0.05) is 10.9 Å². The number of nitrogens with zero attached hydrogens (tertiary/aromatic N) is 1. The number of nitrogens with one attached hydrogen (secondary N) is 2. The largest absolute Gasteiger partial charge is 0.352 e. The minimum absolute atomic E-state index is 0.193. The average Bonchev–Trinajstić information content (AvgIpc) is 2.79. The van der Waals surface area contributed by atoms with Crippen molar-refractivity contribution in [2.24, 2.45) is 0 Å². The predicted octanol–water partition coefficient (Wildman–Crippen LogP) is 2.20. The highest BCUT2D eigenvalue weighted by Gasteiger charge is 2.13. The summed E-state index contributed by atoms with van der Waals surface area (Å²) in [6.45, 7) is 1.92. The lowest BCUT2D eigenvalue weighted by atomic mass is 10.1. The van der Waals surface area contributed by atoms with Gasteiger partial charge in [-0.25, -0.2) is 8.42 Å². The maximum Gasteiger partial charge on any atom is 0.229 e. The first-order valence-corrected chi connectivity index (χ1v) is 8.26. The van der Waals surface area contributed by atoms with Gasteiger partial charge in [0.15, 0.2) is 5.78 Å². The minimum atomic E-state index is -3.37. The Kier molecular flexibility index (Phi) is 4.00. The number of carbonyl (C=O) groups is 1. The molecule has 0 fully saturated rings. The maximum absolute atomic E-state index is 11.7. The molecule has 0 saturated heterocycles. The quantitative estimate of drug-likeness (QED) is 0.826. The molecule has 6 nitrogen and oxygen atoms in total. The van der Waals surface area contributed by atoms with Crippen LogP contribution in [-0.4, -0.2) is 25.4 Å². The summed E-state index contributed by atoms with van der Waals surface area (Å²) in [5, 5.41) is 9.38. The molecule has 1 aromatic carbocycles. The van der Waals surface area contributed by atoms with Gasteiger partial charge in [-0.1, -0.05) is 6.92 Å². The van der Waals surface area contributed by atoms with Gasteiger partial charge in [0.1, 0.15) is 6.42 Å². The minimum Gasteiger partial charge on any atom is -0.352 e. The molecule has 2 rings (SSSR count). The molecule has 0 bridgehead atoms. The summed E-state index contributed by atoms with van der Waals surface area (Å²) in [4.78, 5) is 14.6. The zero-order chi connectivity index (χ0) is 15.6. The zero-order valence-electron chi connectivity index (χ0n) is 11.7. The standard InChI is InChI=1S/C14H15N3O3S/c1-3-9-6-10-7-13(14(18)4-5-15)16-11(10)8-12(9)17-21(2,19)20/h6-8,16-17H,3-4H2,1-2H3. The second-order valence-corrected chi connectivity index (χ2v) is 6.51. The number of ketones is 1. The van der Waals surface area contributed by atoms with Crippen LogP contribution in [0.5, 0.6) is 0 Å². The lowest BCUT2D eigenvalue weighted by Crippen LogP contribution is -2.11. The van der Waals surface area contributed by atoms with E-state index in [4.69, 9.17) is 5.26 Å². The van der Waals surface area contributed by atoms with Crippen molar-refractivity contribution < 1.29 is 13.2 Å². The topological polar surface area (TPSA) is 103 Å². The Morgan fingerprint density at radius 3 is 2.67 bits per heavy atom. The first-order chi connectivity index (χ1) is 9.84. The number of aromatic nitrogens is 1. The number of fused-ring (bicyclic) bond motifs is 1. The molecule has 1 heterocycles. The van der Waals surface area contributed by atoms with Gasteiger partial charge in [-0.05, 0) is 30.2 Å². The summed E-state index contributed by atoms with van der Waals surface area (Å²) in [6, 6.07) is 6.99. The lowest BCUT2D eigenvalue weighted by Gasteiger charge is -2.09. The molecule has 1 aromatic heterocycles. The van der Waals surface area contributed by atoms with E-state index in [9.17, 15) is 13.2 Å². The van der Waals surface area contributed by atoms with Crippen molar-refractivity contribution in [3.8, 4) is 6.07 Å². The monoisotopic (exact) mass is 305 g/mol. The summed E-state index contributed by atoms with van der Waals surface area (Å²) in [5.74, 6) is -0.288. The zero-order valence-corrected chi connectivity index (χ0v) is 12.5. The first kappa shape index (κ1) is 15.1. The Morgan fingerprint density at radius 1 is 1.38 bits per heavy atom. The van der Waals surface area contributed by atoms with E-state index in [0.29, 0.717) is 23.3 Å². The highest BCUT2D eigenvalue weighted by atomic mass is 32.2. The van der Waals surface area contributed by atoms with E-state index in [2.05, 4.69) is 9.71 Å². The van der Waals surface area contributed by atoms with E-state index < -0.39 is 10.0 Å². The number of aryl methyl sites for hydroxylation is 1. The van der Waals surface area contributed by atoms with Crippen LogP contribution >= 0.6 is 0 Å². The van der Waals surface area contributed by atoms with E-state index in [1.165, 1.54) is 0 Å². The molecule has 0 aliphatic carbocycles. The SMILES string of the molecule is CCc1cc2cc(C(=O)CC#N)[nH]c2cc1NS(C)(=O)=O. The fourth-order valence-electron chi connectivity index (χ4n) is 2.13. The number of sulfonamides is 1. The predicted molar refractivity (Wildman–Crippen MR) is 80.7 cm³/mol. The summed E-state index contributed by atoms with van der Waals surface area (Å²) in [6.07, 6.45) is 1.55. The third kappa shape index (κ3) is 3.41. The highest BCUT2D eigenvalue weighted by Crippen LogP contribution is 2.26. The second kappa shape index (κ2) is 5.58. The third-order valence-electron chi connectivity index (χ3n) is 3.06. The van der Waals surface area contributed by atoms with Crippen LogP contribution in [0.4, 0.5) is 5.69 Å². The molecule has 0 radical (unpaired) electrons. The molecular formula is C14H15N3O3S. The smallest absolute Gasteiger partial charge is 0.229 e. The lowest BCUT2D eigenvalue weighted by molar-refractivity contribution is 0.0994. The Bertz CT molecular complexity index is 844. The van der Waals surface area contributed by atoms with Crippen molar-refractivity contribution in [2.75, 3.05) is 11.0 Å². The number of H-pyrrole nitrogens is 1. The molecule has 110 valence electrons. The van der Waals surface area contributed by atoms with Crippen LogP contribution in [0.25, 0.3) is 10.9 Å². The van der Waals surface area contributed by atoms with Crippen molar-refractivity contribution >= 4 is 32.4 Å². The number of hydrogen-bond acceptors (Lipinski definition) is 4. The van der Waals surface area contributed by atoms with Crippen LogP contribution in [-0.2, 0) is 16.4 Å². The molecule has 0 spiro atoms. The molecule has 0 atom stereocenters. The van der Waals surface area contributed by atoms with Gasteiger partial charge < -0.3 is 4.98 Å². The van der Waals surface area contributed by atoms with Gasteiger partial charge in [-0.2, -0.15) is 5.26 Å². The number of anilines is 1. The molecule has 2 N–H and O–H groups in total. The average molecular weight is 305 g/mol. The third-order valence-corrected chi connectivity index (χ3v) is 3.65. The Hall–Kier alpha value is -2.33. The van der Waals surface area contributed by atoms with E-state index in [-0.39, 0.29) is 12.2 Å². The number of rotatable bonds is 5. The number of aromatic amines is 1.